The Morgan fingerprint density at radius 3 is 1.67 bits per heavy atom. The summed E-state index contributed by atoms with van der Waals surface area (Å²) < 4.78 is 12.7. The lowest BCUT2D eigenvalue weighted by atomic mass is 10.1. The van der Waals surface area contributed by atoms with Crippen molar-refractivity contribution in [1.82, 2.24) is 0 Å². The van der Waals surface area contributed by atoms with Crippen LogP contribution in [0.2, 0.25) is 0 Å². The number of aliphatic hydroxyl groups is 5. The first-order valence-electron chi connectivity index (χ1n) is 3.44. The minimum atomic E-state index is -2.17. The van der Waals surface area contributed by atoms with Gasteiger partial charge in [0.05, 0.1) is 13.2 Å². The third-order valence-corrected chi connectivity index (χ3v) is 1.46. The van der Waals surface area contributed by atoms with E-state index in [0.717, 1.165) is 0 Å². The second-order valence-electron chi connectivity index (χ2n) is 2.43. The van der Waals surface area contributed by atoms with Crippen LogP contribution in [0.4, 0.5) is 4.39 Å². The minimum Gasteiger partial charge on any atom is -0.394 e. The smallest absolute Gasteiger partial charge is 0.156 e. The van der Waals surface area contributed by atoms with Crippen LogP contribution < -0.4 is 0 Å². The summed E-state index contributed by atoms with van der Waals surface area (Å²) in [4.78, 5) is 0. The lowest BCUT2D eigenvalue weighted by molar-refractivity contribution is -0.0935. The maximum Gasteiger partial charge on any atom is 0.156 e. The Morgan fingerprint density at radius 2 is 1.33 bits per heavy atom. The van der Waals surface area contributed by atoms with Crippen molar-refractivity contribution in [2.24, 2.45) is 0 Å². The number of aliphatic hydroxyl groups excluding tert-OH is 5. The summed E-state index contributed by atoms with van der Waals surface area (Å²) >= 11 is 0. The summed E-state index contributed by atoms with van der Waals surface area (Å²) in [5.74, 6) is 0. The predicted molar refractivity (Wildman–Crippen MR) is 37.1 cm³/mol. The molecule has 0 amide bonds. The molecule has 0 aliphatic heterocycles. The summed E-state index contributed by atoms with van der Waals surface area (Å²) in [6.07, 6.45) is -7.46. The van der Waals surface area contributed by atoms with Gasteiger partial charge in [-0.3, -0.25) is 0 Å². The zero-order valence-electron chi connectivity index (χ0n) is 6.34. The third-order valence-electron chi connectivity index (χ3n) is 1.46. The molecule has 0 bridgehead atoms. The molecule has 5 N–H and O–H groups in total. The summed E-state index contributed by atoms with van der Waals surface area (Å²) in [5, 5.41) is 42.8. The maximum absolute atomic E-state index is 12.7. The van der Waals surface area contributed by atoms with Crippen LogP contribution in [0.1, 0.15) is 0 Å². The van der Waals surface area contributed by atoms with E-state index in [2.05, 4.69) is 0 Å². The molecule has 5 nitrogen and oxygen atoms in total. The highest BCUT2D eigenvalue weighted by Crippen LogP contribution is 2.08. The molecule has 0 aliphatic rings. The van der Waals surface area contributed by atoms with Crippen molar-refractivity contribution in [2.75, 3.05) is 13.2 Å². The summed E-state index contributed by atoms with van der Waals surface area (Å²) in [5.41, 5.74) is 0. The average Bonchev–Trinajstić information content (AvgIpc) is 2.12. The van der Waals surface area contributed by atoms with Crippen LogP contribution in [0.3, 0.4) is 0 Å². The topological polar surface area (TPSA) is 101 Å². The molecule has 0 aliphatic carbocycles. The van der Waals surface area contributed by atoms with E-state index in [1.54, 1.807) is 0 Å². The largest absolute Gasteiger partial charge is 0.394 e. The molecule has 0 saturated carbocycles. The van der Waals surface area contributed by atoms with Crippen molar-refractivity contribution < 1.29 is 29.9 Å². The van der Waals surface area contributed by atoms with Crippen LogP contribution in [0.15, 0.2) is 0 Å². The number of rotatable bonds is 5. The molecule has 12 heavy (non-hydrogen) atoms. The van der Waals surface area contributed by atoms with Gasteiger partial charge in [0, 0.05) is 0 Å². The Balaban J connectivity index is 3.99. The van der Waals surface area contributed by atoms with E-state index in [9.17, 15) is 4.39 Å². The Morgan fingerprint density at radius 1 is 0.917 bits per heavy atom. The van der Waals surface area contributed by atoms with Crippen molar-refractivity contribution in [3.8, 4) is 0 Å². The number of alkyl halides is 1. The number of halogens is 1. The van der Waals surface area contributed by atoms with Crippen molar-refractivity contribution >= 4 is 0 Å². The van der Waals surface area contributed by atoms with Crippen LogP contribution in [-0.2, 0) is 0 Å². The Kier molecular flexibility index (Phi) is 5.27. The first-order chi connectivity index (χ1) is 5.54. The Bertz CT molecular complexity index is 109. The Labute approximate surface area is 68.7 Å². The Hall–Kier alpha value is -0.270. The number of hydrogen-bond donors (Lipinski definition) is 5. The summed E-state index contributed by atoms with van der Waals surface area (Å²) in [7, 11) is 0. The highest BCUT2D eigenvalue weighted by molar-refractivity contribution is 4.80. The van der Waals surface area contributed by atoms with Crippen LogP contribution in [0.5, 0.6) is 0 Å². The van der Waals surface area contributed by atoms with Crippen LogP contribution in [-0.4, -0.2) is 63.2 Å². The van der Waals surface area contributed by atoms with Crippen molar-refractivity contribution in [1.29, 1.82) is 0 Å². The SMILES string of the molecule is OC[C@@H](O)[C@@H](O)[C@H](F)[C@H](O)CO. The zero-order valence-corrected chi connectivity index (χ0v) is 6.34. The molecule has 6 heteroatoms. The number of hydrogen-bond acceptors (Lipinski definition) is 5. The average molecular weight is 184 g/mol. The van der Waals surface area contributed by atoms with Gasteiger partial charge in [-0.1, -0.05) is 0 Å². The monoisotopic (exact) mass is 184 g/mol. The molecule has 0 aromatic carbocycles. The van der Waals surface area contributed by atoms with Gasteiger partial charge < -0.3 is 25.5 Å². The minimum absolute atomic E-state index is 0.806. The van der Waals surface area contributed by atoms with E-state index >= 15 is 0 Å². The van der Waals surface area contributed by atoms with Gasteiger partial charge in [-0.2, -0.15) is 0 Å². The molecule has 0 aromatic heterocycles. The van der Waals surface area contributed by atoms with Gasteiger partial charge in [0.15, 0.2) is 6.17 Å². The van der Waals surface area contributed by atoms with E-state index in [-0.39, 0.29) is 0 Å². The normalized spacial score (nSPS) is 21.5. The van der Waals surface area contributed by atoms with Crippen molar-refractivity contribution in [3.63, 3.8) is 0 Å². The second kappa shape index (κ2) is 5.39. The van der Waals surface area contributed by atoms with Gasteiger partial charge in [-0.25, -0.2) is 4.39 Å². The quantitative estimate of drug-likeness (QED) is 0.322. The van der Waals surface area contributed by atoms with E-state index in [0.29, 0.717) is 0 Å². The van der Waals surface area contributed by atoms with Crippen molar-refractivity contribution in [2.45, 2.75) is 24.5 Å². The van der Waals surface area contributed by atoms with E-state index < -0.39 is 37.7 Å². The molecule has 0 unspecified atom stereocenters. The van der Waals surface area contributed by atoms with Crippen molar-refractivity contribution in [3.05, 3.63) is 0 Å². The zero-order chi connectivity index (χ0) is 9.72. The molecule has 0 fully saturated rings. The molecule has 74 valence electrons. The van der Waals surface area contributed by atoms with E-state index in [1.807, 2.05) is 0 Å². The fourth-order valence-electron chi connectivity index (χ4n) is 0.649. The van der Waals surface area contributed by atoms with Gasteiger partial charge in [-0.15, -0.1) is 0 Å². The molecule has 0 heterocycles. The molecule has 4 atom stereocenters. The predicted octanol–water partition coefficient (Wildman–Crippen LogP) is -2.61. The van der Waals surface area contributed by atoms with Gasteiger partial charge in [0.2, 0.25) is 0 Å². The van der Waals surface area contributed by atoms with Crippen LogP contribution in [0.25, 0.3) is 0 Å². The summed E-state index contributed by atoms with van der Waals surface area (Å²) in [6, 6.07) is 0. The lowest BCUT2D eigenvalue weighted by Crippen LogP contribution is -2.44. The molecule has 0 saturated heterocycles. The van der Waals surface area contributed by atoms with Gasteiger partial charge in [0.1, 0.15) is 18.3 Å². The van der Waals surface area contributed by atoms with Crippen LogP contribution >= 0.6 is 0 Å². The molecule has 0 rings (SSSR count). The second-order valence-corrected chi connectivity index (χ2v) is 2.43. The standard InChI is InChI=1S/C6H13FO5/c7-5(3(10)1-8)6(12)4(11)2-9/h3-6,8-12H,1-2H2/t3-,4-,5-,6-/m1/s1. The molecule has 0 radical (unpaired) electrons. The third kappa shape index (κ3) is 3.00. The lowest BCUT2D eigenvalue weighted by Gasteiger charge is -2.22. The van der Waals surface area contributed by atoms with Gasteiger partial charge in [0.25, 0.3) is 0 Å². The van der Waals surface area contributed by atoms with E-state index in [4.69, 9.17) is 25.5 Å². The van der Waals surface area contributed by atoms with Crippen LogP contribution in [0, 0.1) is 0 Å². The fraction of sp³-hybridized carbons (Fsp3) is 1.00. The van der Waals surface area contributed by atoms with E-state index in [1.165, 1.54) is 0 Å². The first kappa shape index (κ1) is 11.7. The summed E-state index contributed by atoms with van der Waals surface area (Å²) in [6.45, 7) is -1.66. The molecular weight excluding hydrogens is 171 g/mol. The molecular formula is C6H13FO5. The fourth-order valence-corrected chi connectivity index (χ4v) is 0.649. The van der Waals surface area contributed by atoms with Gasteiger partial charge in [-0.05, 0) is 0 Å². The molecule has 0 spiro atoms. The highest BCUT2D eigenvalue weighted by Gasteiger charge is 2.31. The molecule has 0 aromatic rings. The highest BCUT2D eigenvalue weighted by atomic mass is 19.1. The first-order valence-corrected chi connectivity index (χ1v) is 3.44. The van der Waals surface area contributed by atoms with Gasteiger partial charge >= 0.3 is 0 Å². The maximum atomic E-state index is 12.7.